The monoisotopic (exact) mass is 306 g/mol. The van der Waals surface area contributed by atoms with Gasteiger partial charge >= 0.3 is 0 Å². The number of anilines is 1. The molecule has 0 spiro atoms. The van der Waals surface area contributed by atoms with Crippen LogP contribution in [0.5, 0.6) is 0 Å². The number of hydrogen-bond acceptors (Lipinski definition) is 4. The van der Waals surface area contributed by atoms with Crippen LogP contribution < -0.4 is 10.9 Å². The third-order valence-electron chi connectivity index (χ3n) is 2.98. The molecule has 0 aliphatic rings. The molecule has 6 heteroatoms. The minimum Gasteiger partial charge on any atom is -0.380 e. The summed E-state index contributed by atoms with van der Waals surface area (Å²) < 4.78 is 1.32. The first kappa shape index (κ1) is 15.5. The van der Waals surface area contributed by atoms with E-state index in [1.54, 1.807) is 6.07 Å². The highest BCUT2D eigenvalue weighted by Crippen LogP contribution is 2.11. The van der Waals surface area contributed by atoms with E-state index < -0.39 is 0 Å². The number of para-hydroxylation sites is 1. The van der Waals surface area contributed by atoms with E-state index in [0.29, 0.717) is 17.9 Å². The van der Waals surface area contributed by atoms with Gasteiger partial charge in [0.2, 0.25) is 0 Å². The summed E-state index contributed by atoms with van der Waals surface area (Å²) in [4.78, 5) is 14.5. The van der Waals surface area contributed by atoms with Crippen LogP contribution in [0.25, 0.3) is 5.69 Å². The fraction of sp³-hybridized carbons (Fsp3) is 0.333. The van der Waals surface area contributed by atoms with E-state index in [1.165, 1.54) is 4.68 Å². The maximum absolute atomic E-state index is 12.4. The molecular weight excluding hydrogens is 288 g/mol. The Labute approximate surface area is 129 Å². The van der Waals surface area contributed by atoms with E-state index in [-0.39, 0.29) is 10.7 Å². The maximum atomic E-state index is 12.4. The van der Waals surface area contributed by atoms with Crippen molar-refractivity contribution >= 4 is 17.3 Å². The molecule has 1 heterocycles. The average Bonchev–Trinajstić information content (AvgIpc) is 2.47. The molecule has 0 bridgehead atoms. The lowest BCUT2D eigenvalue weighted by Gasteiger charge is -2.12. The molecule has 1 aromatic heterocycles. The fourth-order valence-electron chi connectivity index (χ4n) is 1.95. The minimum atomic E-state index is -0.199. The molecular formula is C15H19ClN4O. The fourth-order valence-corrected chi connectivity index (χ4v) is 2.14. The van der Waals surface area contributed by atoms with Crippen molar-refractivity contribution in [3.63, 3.8) is 0 Å². The van der Waals surface area contributed by atoms with Gasteiger partial charge in [0.25, 0.3) is 5.56 Å². The highest BCUT2D eigenvalue weighted by atomic mass is 35.5. The smallest absolute Gasteiger partial charge is 0.294 e. The van der Waals surface area contributed by atoms with Gasteiger partial charge in [0.1, 0.15) is 5.69 Å². The van der Waals surface area contributed by atoms with Gasteiger partial charge in [-0.2, -0.15) is 9.78 Å². The van der Waals surface area contributed by atoms with Gasteiger partial charge in [-0.15, -0.1) is 0 Å². The van der Waals surface area contributed by atoms with Crippen molar-refractivity contribution in [2.24, 2.45) is 0 Å². The predicted octanol–water partition coefficient (Wildman–Crippen LogP) is 2.25. The zero-order valence-electron chi connectivity index (χ0n) is 12.2. The first-order valence-electron chi connectivity index (χ1n) is 6.82. The molecule has 0 radical (unpaired) electrons. The molecule has 1 aromatic carbocycles. The first-order valence-corrected chi connectivity index (χ1v) is 7.19. The van der Waals surface area contributed by atoms with Gasteiger partial charge in [-0.1, -0.05) is 29.8 Å². The van der Waals surface area contributed by atoms with Crippen LogP contribution in [-0.4, -0.2) is 41.9 Å². The molecule has 0 fully saturated rings. The summed E-state index contributed by atoms with van der Waals surface area (Å²) in [5.41, 5.74) is 0.967. The van der Waals surface area contributed by atoms with Crippen molar-refractivity contribution in [1.82, 2.24) is 14.7 Å². The molecule has 0 amide bonds. The predicted molar refractivity (Wildman–Crippen MR) is 86.5 cm³/mol. The van der Waals surface area contributed by atoms with Crippen molar-refractivity contribution in [2.45, 2.75) is 6.42 Å². The van der Waals surface area contributed by atoms with Gasteiger partial charge in [0.15, 0.2) is 5.15 Å². The summed E-state index contributed by atoms with van der Waals surface area (Å²) in [7, 11) is 4.04. The second-order valence-electron chi connectivity index (χ2n) is 5.02. The summed E-state index contributed by atoms with van der Waals surface area (Å²) >= 11 is 6.02. The number of hydrogen-bond donors (Lipinski definition) is 1. The molecule has 2 rings (SSSR count). The number of aromatic nitrogens is 2. The Bertz CT molecular complexity index is 640. The molecule has 0 unspecified atom stereocenters. The second-order valence-corrected chi connectivity index (χ2v) is 5.40. The zero-order chi connectivity index (χ0) is 15.2. The summed E-state index contributed by atoms with van der Waals surface area (Å²) in [5.74, 6) is 0. The van der Waals surface area contributed by atoms with E-state index in [9.17, 15) is 4.79 Å². The van der Waals surface area contributed by atoms with Gasteiger partial charge in [-0.3, -0.25) is 4.79 Å². The quantitative estimate of drug-likeness (QED) is 0.832. The zero-order valence-corrected chi connectivity index (χ0v) is 13.0. The van der Waals surface area contributed by atoms with E-state index in [0.717, 1.165) is 13.0 Å². The van der Waals surface area contributed by atoms with E-state index >= 15 is 0 Å². The Balaban J connectivity index is 2.20. The van der Waals surface area contributed by atoms with Crippen LogP contribution in [0.1, 0.15) is 6.42 Å². The van der Waals surface area contributed by atoms with Crippen LogP contribution in [-0.2, 0) is 0 Å². The van der Waals surface area contributed by atoms with Gasteiger partial charge in [-0.25, -0.2) is 0 Å². The summed E-state index contributed by atoms with van der Waals surface area (Å²) in [6.45, 7) is 1.67. The molecule has 0 saturated carbocycles. The Morgan fingerprint density at radius 2 is 2.00 bits per heavy atom. The van der Waals surface area contributed by atoms with Gasteiger partial charge < -0.3 is 10.2 Å². The Morgan fingerprint density at radius 1 is 1.29 bits per heavy atom. The van der Waals surface area contributed by atoms with E-state index in [4.69, 9.17) is 11.6 Å². The number of benzene rings is 1. The third-order valence-corrected chi connectivity index (χ3v) is 3.16. The lowest BCUT2D eigenvalue weighted by molar-refractivity contribution is 0.405. The highest BCUT2D eigenvalue weighted by Gasteiger charge is 2.08. The van der Waals surface area contributed by atoms with Gasteiger partial charge in [0, 0.05) is 12.6 Å². The molecule has 0 atom stereocenters. The molecule has 1 N–H and O–H groups in total. The van der Waals surface area contributed by atoms with Crippen LogP contribution in [0.15, 0.2) is 41.2 Å². The van der Waals surface area contributed by atoms with Crippen LogP contribution in [0, 0.1) is 0 Å². The SMILES string of the molecule is CN(C)CCCNc1cc(Cl)nn(-c2ccccc2)c1=O. The molecule has 5 nitrogen and oxygen atoms in total. The van der Waals surface area contributed by atoms with Gasteiger partial charge in [0.05, 0.1) is 5.69 Å². The Kier molecular flexibility index (Phi) is 5.36. The number of nitrogens with one attached hydrogen (secondary N) is 1. The summed E-state index contributed by atoms with van der Waals surface area (Å²) in [6, 6.07) is 10.8. The molecule has 0 saturated heterocycles. The highest BCUT2D eigenvalue weighted by molar-refractivity contribution is 6.29. The molecule has 0 aliphatic heterocycles. The Hall–Kier alpha value is -1.85. The summed E-state index contributed by atoms with van der Waals surface area (Å²) in [6.07, 6.45) is 0.942. The van der Waals surface area contributed by atoms with Crippen molar-refractivity contribution in [3.8, 4) is 5.69 Å². The molecule has 2 aromatic rings. The largest absolute Gasteiger partial charge is 0.380 e. The average molecular weight is 307 g/mol. The molecule has 112 valence electrons. The van der Waals surface area contributed by atoms with E-state index in [2.05, 4.69) is 15.3 Å². The lowest BCUT2D eigenvalue weighted by atomic mass is 10.3. The number of halogens is 1. The standard InChI is InChI=1S/C15H19ClN4O/c1-19(2)10-6-9-17-13-11-14(16)18-20(15(13)21)12-7-4-3-5-8-12/h3-5,7-8,11,17H,6,9-10H2,1-2H3. The van der Waals surface area contributed by atoms with Crippen molar-refractivity contribution < 1.29 is 0 Å². The van der Waals surface area contributed by atoms with Crippen molar-refractivity contribution in [2.75, 3.05) is 32.5 Å². The van der Waals surface area contributed by atoms with Crippen LogP contribution in [0.4, 0.5) is 5.69 Å². The topological polar surface area (TPSA) is 50.2 Å². The van der Waals surface area contributed by atoms with Crippen molar-refractivity contribution in [1.29, 1.82) is 0 Å². The number of nitrogens with zero attached hydrogens (tertiary/aromatic N) is 3. The second kappa shape index (κ2) is 7.24. The van der Waals surface area contributed by atoms with Gasteiger partial charge in [-0.05, 0) is 39.2 Å². The van der Waals surface area contributed by atoms with E-state index in [1.807, 2.05) is 44.4 Å². The van der Waals surface area contributed by atoms with Crippen LogP contribution in [0.2, 0.25) is 5.15 Å². The summed E-state index contributed by atoms with van der Waals surface area (Å²) in [5, 5.41) is 7.50. The first-order chi connectivity index (χ1) is 10.1. The maximum Gasteiger partial charge on any atom is 0.294 e. The lowest BCUT2D eigenvalue weighted by Crippen LogP contribution is -2.25. The number of rotatable bonds is 6. The van der Waals surface area contributed by atoms with Crippen molar-refractivity contribution in [3.05, 3.63) is 51.9 Å². The molecule has 0 aliphatic carbocycles. The van der Waals surface area contributed by atoms with Crippen LogP contribution >= 0.6 is 11.6 Å². The molecule has 21 heavy (non-hydrogen) atoms. The third kappa shape index (κ3) is 4.31. The Morgan fingerprint density at radius 3 is 2.67 bits per heavy atom. The minimum absolute atomic E-state index is 0.199. The normalized spacial score (nSPS) is 10.9. The van der Waals surface area contributed by atoms with Crippen LogP contribution in [0.3, 0.4) is 0 Å².